The summed E-state index contributed by atoms with van der Waals surface area (Å²) in [5, 5.41) is 14.3. The Morgan fingerprint density at radius 3 is 2.13 bits per heavy atom. The van der Waals surface area contributed by atoms with Crippen LogP contribution in [0.3, 0.4) is 0 Å². The van der Waals surface area contributed by atoms with E-state index in [0.717, 1.165) is 49.8 Å². The summed E-state index contributed by atoms with van der Waals surface area (Å²) in [5.41, 5.74) is 3.42. The van der Waals surface area contributed by atoms with Crippen molar-refractivity contribution >= 4 is 22.4 Å². The third kappa shape index (κ3) is 5.38. The molecular formula is C36H33N3O5S. The average Bonchev–Trinajstić information content (AvgIpc) is 3.87. The second kappa shape index (κ2) is 12.5. The smallest absolute Gasteiger partial charge is 0.146 e. The monoisotopic (exact) mass is 619 g/mol. The number of nitrogens with zero attached hydrogens (tertiary/aromatic N) is 3. The highest BCUT2D eigenvalue weighted by Gasteiger charge is 2.42. The van der Waals surface area contributed by atoms with Crippen LogP contribution >= 0.6 is 11.3 Å². The fourth-order valence-corrected chi connectivity index (χ4v) is 6.87. The van der Waals surface area contributed by atoms with Crippen LogP contribution in [0.25, 0.3) is 21.6 Å². The fraction of sp³-hybridized carbons (Fsp3) is 0.222. The second-order valence-corrected chi connectivity index (χ2v) is 11.9. The number of aromatic nitrogens is 3. The van der Waals surface area contributed by atoms with Crippen molar-refractivity contribution in [1.82, 2.24) is 14.5 Å². The quantitative estimate of drug-likeness (QED) is 0.168. The lowest BCUT2D eigenvalue weighted by molar-refractivity contribution is -0.0930. The summed E-state index contributed by atoms with van der Waals surface area (Å²) in [6.45, 7) is 0.138. The fourth-order valence-electron chi connectivity index (χ4n) is 6.13. The van der Waals surface area contributed by atoms with E-state index in [1.165, 1.54) is 0 Å². The van der Waals surface area contributed by atoms with Crippen LogP contribution < -0.4 is 9.47 Å². The summed E-state index contributed by atoms with van der Waals surface area (Å²) in [4.78, 5) is 10.2. The Morgan fingerprint density at radius 1 is 0.844 bits per heavy atom. The molecule has 228 valence electrons. The molecule has 8 nitrogen and oxygen atoms in total. The van der Waals surface area contributed by atoms with Crippen molar-refractivity contribution in [2.75, 3.05) is 20.8 Å². The Kier molecular flexibility index (Phi) is 8.08. The Hall–Kier alpha value is -4.54. The van der Waals surface area contributed by atoms with Crippen molar-refractivity contribution in [2.24, 2.45) is 0 Å². The average molecular weight is 620 g/mol. The molecule has 0 saturated carbocycles. The maximum absolute atomic E-state index is 11.3. The number of thiophene rings is 1. The first-order valence-corrected chi connectivity index (χ1v) is 15.7. The number of aliphatic hydroxyl groups excluding tert-OH is 1. The lowest BCUT2D eigenvalue weighted by Crippen LogP contribution is -2.38. The molecule has 4 heterocycles. The highest BCUT2D eigenvalue weighted by molar-refractivity contribution is 7.13. The van der Waals surface area contributed by atoms with Crippen molar-refractivity contribution in [3.8, 4) is 22.1 Å². The number of ether oxygens (including phenoxy) is 4. The van der Waals surface area contributed by atoms with E-state index in [2.05, 4.69) is 28.2 Å². The molecule has 0 aliphatic carbocycles. The lowest BCUT2D eigenvalue weighted by Gasteiger charge is -2.37. The van der Waals surface area contributed by atoms with Gasteiger partial charge in [0.15, 0.2) is 0 Å². The second-order valence-electron chi connectivity index (χ2n) is 10.9. The van der Waals surface area contributed by atoms with Gasteiger partial charge in [-0.2, -0.15) is 0 Å². The number of fused-ring (bicyclic) bond motifs is 1. The minimum absolute atomic E-state index is 0.138. The predicted molar refractivity (Wildman–Crippen MR) is 174 cm³/mol. The summed E-state index contributed by atoms with van der Waals surface area (Å²) in [6, 6.07) is 32.0. The van der Waals surface area contributed by atoms with Gasteiger partial charge >= 0.3 is 0 Å². The van der Waals surface area contributed by atoms with E-state index in [4.69, 9.17) is 18.9 Å². The van der Waals surface area contributed by atoms with Crippen molar-refractivity contribution in [2.45, 2.75) is 30.5 Å². The molecule has 7 rings (SSSR count). The molecule has 3 atom stereocenters. The highest BCUT2D eigenvalue weighted by Crippen LogP contribution is 2.43. The van der Waals surface area contributed by atoms with Crippen LogP contribution in [0.5, 0.6) is 11.5 Å². The summed E-state index contributed by atoms with van der Waals surface area (Å²) in [6.07, 6.45) is 2.21. The molecule has 0 amide bonds. The van der Waals surface area contributed by atoms with Gasteiger partial charge in [-0.3, -0.25) is 0 Å². The first-order valence-electron chi connectivity index (χ1n) is 14.8. The molecule has 0 bridgehead atoms. The third-order valence-corrected chi connectivity index (χ3v) is 9.29. The van der Waals surface area contributed by atoms with Gasteiger partial charge < -0.3 is 28.6 Å². The van der Waals surface area contributed by atoms with Gasteiger partial charge in [-0.15, -0.1) is 11.3 Å². The third-order valence-electron chi connectivity index (χ3n) is 8.42. The summed E-state index contributed by atoms with van der Waals surface area (Å²) in [5.74, 6) is 1.50. The topological polar surface area (TPSA) is 87.9 Å². The zero-order valence-electron chi connectivity index (χ0n) is 24.9. The first-order chi connectivity index (χ1) is 22.1. The number of rotatable bonds is 10. The van der Waals surface area contributed by atoms with E-state index in [0.29, 0.717) is 6.42 Å². The number of hydrogen-bond donors (Lipinski definition) is 1. The predicted octanol–water partition coefficient (Wildman–Crippen LogP) is 6.83. The van der Waals surface area contributed by atoms with E-state index in [-0.39, 0.29) is 6.61 Å². The molecule has 0 radical (unpaired) electrons. The molecule has 1 aliphatic rings. The van der Waals surface area contributed by atoms with Crippen molar-refractivity contribution < 1.29 is 24.1 Å². The van der Waals surface area contributed by atoms with Crippen molar-refractivity contribution in [3.05, 3.63) is 132 Å². The van der Waals surface area contributed by atoms with E-state index in [9.17, 15) is 5.11 Å². The Morgan fingerprint density at radius 2 is 1.51 bits per heavy atom. The minimum atomic E-state index is -1.01. The van der Waals surface area contributed by atoms with Crippen LogP contribution in [-0.4, -0.2) is 52.7 Å². The van der Waals surface area contributed by atoms with Gasteiger partial charge in [0.2, 0.25) is 0 Å². The number of methoxy groups -OCH3 is 2. The van der Waals surface area contributed by atoms with Gasteiger partial charge in [0.05, 0.1) is 37.5 Å². The molecular weight excluding hydrogens is 586 g/mol. The van der Waals surface area contributed by atoms with E-state index < -0.39 is 24.0 Å². The van der Waals surface area contributed by atoms with E-state index >= 15 is 0 Å². The summed E-state index contributed by atoms with van der Waals surface area (Å²) in [7, 11) is 3.30. The number of benzene rings is 3. The van der Waals surface area contributed by atoms with Crippen molar-refractivity contribution in [3.63, 3.8) is 0 Å². The molecule has 1 aliphatic heterocycles. The molecule has 3 aromatic carbocycles. The zero-order chi connectivity index (χ0) is 30.8. The number of aliphatic hydroxyl groups is 1. The lowest BCUT2D eigenvalue weighted by atomic mass is 9.80. The van der Waals surface area contributed by atoms with Gasteiger partial charge in [-0.05, 0) is 58.5 Å². The Bertz CT molecular complexity index is 1810. The molecule has 3 aromatic heterocycles. The molecule has 45 heavy (non-hydrogen) atoms. The SMILES string of the molecule is COc1ccc(C(OC[C@H]2O[C@@H](n3ccc4c(-c5cccs5)ncnc43)C[C@@H]2O)(c2ccccc2)c2ccc(OC)cc2)cc1. The molecule has 9 heteroatoms. The van der Waals surface area contributed by atoms with Crippen LogP contribution in [0.4, 0.5) is 0 Å². The Balaban J connectivity index is 1.23. The largest absolute Gasteiger partial charge is 0.497 e. The standard InChI is InChI=1S/C36H33N3O5S/c1-41-27-14-10-25(11-15-27)36(24-7-4-3-5-8-24,26-12-16-28(42-2)17-13-26)43-22-31-30(40)21-33(44-31)39-19-18-29-34(32-9-6-20-45-32)37-23-38-35(29)39/h3-20,23,30-31,33,40H,21-22H2,1-2H3/t30-,31+,33+/m0/s1. The van der Waals surface area contributed by atoms with E-state index in [1.807, 2.05) is 95.0 Å². The summed E-state index contributed by atoms with van der Waals surface area (Å²) >= 11 is 1.64. The minimum Gasteiger partial charge on any atom is -0.497 e. The maximum Gasteiger partial charge on any atom is 0.146 e. The van der Waals surface area contributed by atoms with Gasteiger partial charge in [0.1, 0.15) is 41.4 Å². The van der Waals surface area contributed by atoms with Crippen LogP contribution in [0.2, 0.25) is 0 Å². The van der Waals surface area contributed by atoms with Crippen molar-refractivity contribution in [1.29, 1.82) is 0 Å². The van der Waals surface area contributed by atoms with Gasteiger partial charge in [-0.25, -0.2) is 9.97 Å². The Labute approximate surface area is 265 Å². The normalized spacial score (nSPS) is 18.3. The molecule has 1 N–H and O–H groups in total. The molecule has 0 spiro atoms. The van der Waals surface area contributed by atoms with Crippen LogP contribution in [0.15, 0.2) is 115 Å². The molecule has 6 aromatic rings. The first kappa shape index (κ1) is 29.2. The van der Waals surface area contributed by atoms with Gasteiger partial charge in [-0.1, -0.05) is 60.7 Å². The highest BCUT2D eigenvalue weighted by atomic mass is 32.1. The molecule has 0 unspecified atom stereocenters. The number of hydrogen-bond acceptors (Lipinski definition) is 8. The van der Waals surface area contributed by atoms with E-state index in [1.54, 1.807) is 31.9 Å². The summed E-state index contributed by atoms with van der Waals surface area (Å²) < 4.78 is 26.4. The molecule has 1 saturated heterocycles. The maximum atomic E-state index is 11.3. The van der Waals surface area contributed by atoms with Crippen LogP contribution in [-0.2, 0) is 15.1 Å². The van der Waals surface area contributed by atoms with Crippen LogP contribution in [0, 0.1) is 0 Å². The van der Waals surface area contributed by atoms with Gasteiger partial charge in [0.25, 0.3) is 0 Å². The molecule has 1 fully saturated rings. The zero-order valence-corrected chi connectivity index (χ0v) is 25.8. The van der Waals surface area contributed by atoms with Crippen LogP contribution in [0.1, 0.15) is 29.3 Å². The van der Waals surface area contributed by atoms with Gasteiger partial charge in [0, 0.05) is 18.0 Å².